The topological polar surface area (TPSA) is 87.7 Å². The number of anilines is 1. The zero-order valence-corrected chi connectivity index (χ0v) is 16.5. The van der Waals surface area contributed by atoms with E-state index in [4.69, 9.17) is 10.2 Å². The monoisotopic (exact) mass is 386 g/mol. The summed E-state index contributed by atoms with van der Waals surface area (Å²) < 4.78 is 1.76. The first-order chi connectivity index (χ1) is 13.9. The summed E-state index contributed by atoms with van der Waals surface area (Å²) in [5, 5.41) is 8.97. The minimum Gasteiger partial charge on any atom is -0.341 e. The van der Waals surface area contributed by atoms with E-state index in [0.717, 1.165) is 25.1 Å². The highest BCUT2D eigenvalue weighted by atomic mass is 16.1. The van der Waals surface area contributed by atoms with Crippen LogP contribution in [0.25, 0.3) is 11.4 Å². The lowest BCUT2D eigenvalue weighted by Crippen LogP contribution is -2.48. The Morgan fingerprint density at radius 1 is 1.14 bits per heavy atom. The van der Waals surface area contributed by atoms with Crippen molar-refractivity contribution in [3.8, 4) is 17.5 Å². The molecular formula is C22H22N6O. The van der Waals surface area contributed by atoms with Gasteiger partial charge in [-0.1, -0.05) is 26.0 Å². The van der Waals surface area contributed by atoms with Crippen molar-refractivity contribution in [1.29, 1.82) is 5.26 Å². The Labute approximate surface area is 169 Å². The van der Waals surface area contributed by atoms with Crippen molar-refractivity contribution < 1.29 is 0 Å². The molecule has 3 heterocycles. The number of nitrogens with zero attached hydrogens (tertiary/aromatic N) is 6. The lowest BCUT2D eigenvalue weighted by atomic mass is 9.90. The maximum Gasteiger partial charge on any atom is 0.255 e. The van der Waals surface area contributed by atoms with Crippen LogP contribution in [-0.2, 0) is 13.0 Å². The van der Waals surface area contributed by atoms with Crippen LogP contribution in [-0.4, -0.2) is 32.6 Å². The molecule has 4 rings (SSSR count). The van der Waals surface area contributed by atoms with E-state index in [2.05, 4.69) is 34.8 Å². The summed E-state index contributed by atoms with van der Waals surface area (Å²) in [6.45, 7) is 6.49. The van der Waals surface area contributed by atoms with E-state index in [0.29, 0.717) is 29.4 Å². The highest BCUT2D eigenvalue weighted by Crippen LogP contribution is 2.30. The summed E-state index contributed by atoms with van der Waals surface area (Å²) in [6.07, 6.45) is 3.90. The Bertz CT molecular complexity index is 1110. The largest absolute Gasteiger partial charge is 0.341 e. The Morgan fingerprint density at radius 2 is 1.93 bits per heavy atom. The van der Waals surface area contributed by atoms with Gasteiger partial charge in [-0.3, -0.25) is 9.36 Å². The van der Waals surface area contributed by atoms with Gasteiger partial charge in [-0.25, -0.2) is 15.0 Å². The van der Waals surface area contributed by atoms with Crippen LogP contribution in [0.5, 0.6) is 0 Å². The number of rotatable bonds is 4. The van der Waals surface area contributed by atoms with Crippen molar-refractivity contribution >= 4 is 5.95 Å². The number of aromatic nitrogens is 4. The molecule has 0 spiro atoms. The summed E-state index contributed by atoms with van der Waals surface area (Å²) in [4.78, 5) is 28.0. The van der Waals surface area contributed by atoms with Gasteiger partial charge in [0.2, 0.25) is 5.95 Å². The third-order valence-electron chi connectivity index (χ3n) is 5.07. The molecule has 0 atom stereocenters. The first kappa shape index (κ1) is 18.8. The quantitative estimate of drug-likeness (QED) is 0.685. The molecule has 2 aromatic heterocycles. The number of hydrogen-bond acceptors (Lipinski definition) is 6. The summed E-state index contributed by atoms with van der Waals surface area (Å²) in [7, 11) is 0. The Morgan fingerprint density at radius 3 is 2.62 bits per heavy atom. The number of hydrogen-bond donors (Lipinski definition) is 0. The number of fused-ring (bicyclic) bond motifs is 1. The molecule has 0 unspecified atom stereocenters. The molecule has 146 valence electrons. The average Bonchev–Trinajstić information content (AvgIpc) is 2.73. The smallest absolute Gasteiger partial charge is 0.255 e. The fourth-order valence-corrected chi connectivity index (χ4v) is 3.71. The third-order valence-corrected chi connectivity index (χ3v) is 5.07. The van der Waals surface area contributed by atoms with E-state index in [-0.39, 0.29) is 11.0 Å². The molecule has 0 bridgehead atoms. The Balaban J connectivity index is 1.67. The fraction of sp³-hybridized carbons (Fsp3) is 0.318. The summed E-state index contributed by atoms with van der Waals surface area (Å²) >= 11 is 0. The second-order valence-electron chi connectivity index (χ2n) is 8.10. The maximum absolute atomic E-state index is 12.9. The predicted octanol–water partition coefficient (Wildman–Crippen LogP) is 2.66. The van der Waals surface area contributed by atoms with Gasteiger partial charge in [-0.05, 0) is 30.2 Å². The van der Waals surface area contributed by atoms with Gasteiger partial charge in [-0.15, -0.1) is 0 Å². The van der Waals surface area contributed by atoms with Crippen molar-refractivity contribution in [3.63, 3.8) is 0 Å². The molecule has 29 heavy (non-hydrogen) atoms. The Kier molecular flexibility index (Phi) is 4.85. The molecule has 1 aromatic carbocycles. The van der Waals surface area contributed by atoms with Crippen molar-refractivity contribution in [3.05, 3.63) is 70.4 Å². The summed E-state index contributed by atoms with van der Waals surface area (Å²) in [5.41, 5.74) is 2.89. The van der Waals surface area contributed by atoms with Gasteiger partial charge in [0.15, 0.2) is 0 Å². The van der Waals surface area contributed by atoms with Gasteiger partial charge in [0.25, 0.3) is 5.56 Å². The fourth-order valence-electron chi connectivity index (χ4n) is 3.71. The molecule has 0 fully saturated rings. The van der Waals surface area contributed by atoms with Crippen LogP contribution in [0.15, 0.2) is 53.7 Å². The molecule has 0 N–H and O–H groups in total. The van der Waals surface area contributed by atoms with Gasteiger partial charge in [0.1, 0.15) is 6.33 Å². The molecule has 0 saturated carbocycles. The van der Waals surface area contributed by atoms with Gasteiger partial charge >= 0.3 is 0 Å². The second kappa shape index (κ2) is 7.47. The van der Waals surface area contributed by atoms with Crippen LogP contribution in [0.1, 0.15) is 25.0 Å². The molecule has 0 amide bonds. The van der Waals surface area contributed by atoms with Crippen LogP contribution >= 0.6 is 0 Å². The van der Waals surface area contributed by atoms with Crippen LogP contribution in [0.2, 0.25) is 0 Å². The van der Waals surface area contributed by atoms with Crippen molar-refractivity contribution in [2.45, 2.75) is 26.8 Å². The van der Waals surface area contributed by atoms with Crippen LogP contribution < -0.4 is 10.5 Å². The lowest BCUT2D eigenvalue weighted by molar-refractivity contribution is 0.274. The van der Waals surface area contributed by atoms with Gasteiger partial charge in [0, 0.05) is 37.3 Å². The van der Waals surface area contributed by atoms with Crippen molar-refractivity contribution in [2.24, 2.45) is 5.41 Å². The molecule has 0 aliphatic carbocycles. The van der Waals surface area contributed by atoms with Crippen LogP contribution in [0.4, 0.5) is 5.95 Å². The molecule has 0 radical (unpaired) electrons. The first-order valence-electron chi connectivity index (χ1n) is 9.57. The van der Waals surface area contributed by atoms with E-state index in [9.17, 15) is 4.79 Å². The number of nitriles is 1. The minimum absolute atomic E-state index is 0.0421. The molecule has 1 aliphatic heterocycles. The molecule has 7 heteroatoms. The average molecular weight is 386 g/mol. The highest BCUT2D eigenvalue weighted by Gasteiger charge is 2.32. The summed E-state index contributed by atoms with van der Waals surface area (Å²) in [5.74, 6) is 0.680. The molecule has 1 aliphatic rings. The molecule has 3 aromatic rings. The minimum atomic E-state index is -0.0697. The zero-order chi connectivity index (χ0) is 20.4. The van der Waals surface area contributed by atoms with Gasteiger partial charge in [-0.2, -0.15) is 5.26 Å². The van der Waals surface area contributed by atoms with Crippen molar-refractivity contribution in [1.82, 2.24) is 19.5 Å². The van der Waals surface area contributed by atoms with Gasteiger partial charge < -0.3 is 4.90 Å². The molecule has 0 saturated heterocycles. The molecule has 7 nitrogen and oxygen atoms in total. The molecular weight excluding hydrogens is 364 g/mol. The lowest BCUT2D eigenvalue weighted by Gasteiger charge is -2.40. The van der Waals surface area contributed by atoms with E-state index in [1.165, 1.54) is 6.33 Å². The van der Waals surface area contributed by atoms with Gasteiger partial charge in [0.05, 0.1) is 23.0 Å². The highest BCUT2D eigenvalue weighted by molar-refractivity contribution is 5.55. The second-order valence-corrected chi connectivity index (χ2v) is 8.10. The van der Waals surface area contributed by atoms with Crippen LogP contribution in [0, 0.1) is 16.7 Å². The standard InChI is InChI=1S/C22H22N6O/c1-22(2)13-27(10-8-16-3-5-17(12-23)6-4-16)21-26-19(11-20(29)28(21)14-22)18-7-9-24-15-25-18/h3-7,9,11,15H,8,10,13-14H2,1-2H3. The first-order valence-corrected chi connectivity index (χ1v) is 9.57. The van der Waals surface area contributed by atoms with E-state index < -0.39 is 0 Å². The van der Waals surface area contributed by atoms with E-state index >= 15 is 0 Å². The zero-order valence-electron chi connectivity index (χ0n) is 16.5. The SMILES string of the molecule is CC1(C)CN(CCc2ccc(C#N)cc2)c2nc(-c3ccncn3)cc(=O)n2C1. The number of benzene rings is 1. The van der Waals surface area contributed by atoms with E-state index in [1.807, 2.05) is 24.3 Å². The van der Waals surface area contributed by atoms with Crippen LogP contribution in [0.3, 0.4) is 0 Å². The van der Waals surface area contributed by atoms with Crippen molar-refractivity contribution in [2.75, 3.05) is 18.0 Å². The van der Waals surface area contributed by atoms with E-state index in [1.54, 1.807) is 22.9 Å². The maximum atomic E-state index is 12.9. The Hall–Kier alpha value is -3.53. The predicted molar refractivity (Wildman–Crippen MR) is 110 cm³/mol. The normalized spacial score (nSPS) is 14.9. The third kappa shape index (κ3) is 4.02. The summed E-state index contributed by atoms with van der Waals surface area (Å²) in [6, 6.07) is 13.1.